The number of carbonyl (C=O) groups excluding carboxylic acids is 1. The Morgan fingerprint density at radius 1 is 1.40 bits per heavy atom. The number of carbonyl (C=O) groups is 1. The van der Waals surface area contributed by atoms with Crippen LogP contribution < -0.4 is 5.73 Å². The maximum absolute atomic E-state index is 12.6. The van der Waals surface area contributed by atoms with Crippen LogP contribution in [-0.2, 0) is 10.3 Å². The Hall–Kier alpha value is -0.580. The number of likely N-dealkylation sites (tertiary alicyclic amines) is 1. The molecule has 0 spiro atoms. The molecule has 2 unspecified atom stereocenters. The van der Waals surface area contributed by atoms with Crippen LogP contribution in [0.5, 0.6) is 0 Å². The Kier molecular flexibility index (Phi) is 6.05. The van der Waals surface area contributed by atoms with Crippen molar-refractivity contribution in [2.45, 2.75) is 32.2 Å². The van der Waals surface area contributed by atoms with Gasteiger partial charge in [0.25, 0.3) is 0 Å². The van der Waals surface area contributed by atoms with Crippen LogP contribution in [0.4, 0.5) is 0 Å². The summed E-state index contributed by atoms with van der Waals surface area (Å²) < 4.78 is 0.992. The van der Waals surface area contributed by atoms with Gasteiger partial charge in [-0.25, -0.2) is 0 Å². The molecule has 20 heavy (non-hydrogen) atoms. The van der Waals surface area contributed by atoms with E-state index >= 15 is 0 Å². The SMILES string of the molecule is CC1CCCN(C(=O)C(C)(N)c2ccc(Br)cc2)C1.Cl. The van der Waals surface area contributed by atoms with Crippen molar-refractivity contribution in [3.8, 4) is 0 Å². The lowest BCUT2D eigenvalue weighted by molar-refractivity contribution is -0.138. The zero-order valence-electron chi connectivity index (χ0n) is 11.9. The molecule has 1 saturated heterocycles. The number of nitrogens with two attached hydrogens (primary N) is 1. The van der Waals surface area contributed by atoms with E-state index in [0.29, 0.717) is 5.92 Å². The highest BCUT2D eigenvalue weighted by Crippen LogP contribution is 2.25. The van der Waals surface area contributed by atoms with Crippen LogP contribution in [-0.4, -0.2) is 23.9 Å². The molecule has 3 nitrogen and oxygen atoms in total. The number of benzene rings is 1. The third kappa shape index (κ3) is 3.74. The summed E-state index contributed by atoms with van der Waals surface area (Å²) in [5, 5.41) is 0. The topological polar surface area (TPSA) is 46.3 Å². The van der Waals surface area contributed by atoms with Gasteiger partial charge in [-0.2, -0.15) is 0 Å². The second kappa shape index (κ2) is 6.92. The molecule has 0 saturated carbocycles. The van der Waals surface area contributed by atoms with Crippen molar-refractivity contribution in [2.24, 2.45) is 11.7 Å². The predicted molar refractivity (Wildman–Crippen MR) is 87.9 cm³/mol. The van der Waals surface area contributed by atoms with Crippen LogP contribution in [0.1, 0.15) is 32.3 Å². The molecular weight excluding hydrogens is 340 g/mol. The normalized spacial score (nSPS) is 21.8. The molecule has 1 aromatic carbocycles. The highest BCUT2D eigenvalue weighted by atomic mass is 79.9. The Morgan fingerprint density at radius 3 is 2.55 bits per heavy atom. The van der Waals surface area contributed by atoms with Crippen LogP contribution in [0, 0.1) is 5.92 Å². The Balaban J connectivity index is 0.00000200. The lowest BCUT2D eigenvalue weighted by atomic mass is 9.90. The maximum atomic E-state index is 12.6. The lowest BCUT2D eigenvalue weighted by Crippen LogP contribution is -2.53. The summed E-state index contributed by atoms with van der Waals surface area (Å²) in [7, 11) is 0. The summed E-state index contributed by atoms with van der Waals surface area (Å²) in [5.41, 5.74) is 6.21. The molecule has 2 rings (SSSR count). The van der Waals surface area contributed by atoms with E-state index in [-0.39, 0.29) is 18.3 Å². The fourth-order valence-electron chi connectivity index (χ4n) is 2.62. The Bertz CT molecular complexity index is 461. The van der Waals surface area contributed by atoms with E-state index < -0.39 is 5.54 Å². The summed E-state index contributed by atoms with van der Waals surface area (Å²) in [6, 6.07) is 7.67. The molecule has 0 aliphatic carbocycles. The van der Waals surface area contributed by atoms with Gasteiger partial charge in [0.1, 0.15) is 5.54 Å². The molecule has 5 heteroatoms. The second-order valence-electron chi connectivity index (χ2n) is 5.71. The summed E-state index contributed by atoms with van der Waals surface area (Å²) in [6.07, 6.45) is 2.27. The highest BCUT2D eigenvalue weighted by molar-refractivity contribution is 9.10. The summed E-state index contributed by atoms with van der Waals surface area (Å²) in [5.74, 6) is 0.597. The quantitative estimate of drug-likeness (QED) is 0.878. The van der Waals surface area contributed by atoms with Gasteiger partial charge in [-0.15, -0.1) is 12.4 Å². The minimum Gasteiger partial charge on any atom is -0.341 e. The number of rotatable bonds is 2. The van der Waals surface area contributed by atoms with Crippen LogP contribution in [0.3, 0.4) is 0 Å². The summed E-state index contributed by atoms with van der Waals surface area (Å²) >= 11 is 3.40. The smallest absolute Gasteiger partial charge is 0.246 e. The van der Waals surface area contributed by atoms with Crippen molar-refractivity contribution in [3.05, 3.63) is 34.3 Å². The van der Waals surface area contributed by atoms with Gasteiger partial charge in [0.15, 0.2) is 0 Å². The summed E-state index contributed by atoms with van der Waals surface area (Å²) in [6.45, 7) is 5.64. The zero-order valence-corrected chi connectivity index (χ0v) is 14.3. The van der Waals surface area contributed by atoms with Gasteiger partial charge in [-0.3, -0.25) is 4.79 Å². The molecule has 1 fully saturated rings. The van der Waals surface area contributed by atoms with Crippen LogP contribution in [0.15, 0.2) is 28.7 Å². The van der Waals surface area contributed by atoms with Gasteiger partial charge in [0.05, 0.1) is 0 Å². The lowest BCUT2D eigenvalue weighted by Gasteiger charge is -2.36. The minimum absolute atomic E-state index is 0. The average Bonchev–Trinajstić information content (AvgIpc) is 2.38. The van der Waals surface area contributed by atoms with Gasteiger partial charge >= 0.3 is 0 Å². The Morgan fingerprint density at radius 2 is 2.00 bits per heavy atom. The molecule has 2 atom stereocenters. The molecule has 1 amide bonds. The predicted octanol–water partition coefficient (Wildman–Crippen LogP) is 3.30. The van der Waals surface area contributed by atoms with Crippen LogP contribution >= 0.6 is 28.3 Å². The number of amides is 1. The number of hydrogen-bond acceptors (Lipinski definition) is 2. The number of nitrogens with zero attached hydrogens (tertiary/aromatic N) is 1. The number of hydrogen-bond donors (Lipinski definition) is 1. The molecule has 1 aromatic rings. The second-order valence-corrected chi connectivity index (χ2v) is 6.62. The first-order chi connectivity index (χ1) is 8.91. The third-order valence-corrected chi connectivity index (χ3v) is 4.36. The molecule has 1 aliphatic rings. The van der Waals surface area contributed by atoms with Gasteiger partial charge in [0, 0.05) is 17.6 Å². The van der Waals surface area contributed by atoms with E-state index in [1.807, 2.05) is 29.2 Å². The maximum Gasteiger partial charge on any atom is 0.246 e. The van der Waals surface area contributed by atoms with Crippen molar-refractivity contribution in [1.29, 1.82) is 0 Å². The Labute approximate surface area is 135 Å². The number of piperidine rings is 1. The van der Waals surface area contributed by atoms with Crippen molar-refractivity contribution in [2.75, 3.05) is 13.1 Å². The summed E-state index contributed by atoms with van der Waals surface area (Å²) in [4.78, 5) is 14.6. The monoisotopic (exact) mass is 360 g/mol. The van der Waals surface area contributed by atoms with E-state index in [0.717, 1.165) is 29.5 Å². The van der Waals surface area contributed by atoms with Gasteiger partial charge in [0.2, 0.25) is 5.91 Å². The fourth-order valence-corrected chi connectivity index (χ4v) is 2.89. The molecule has 0 bridgehead atoms. The van der Waals surface area contributed by atoms with Gasteiger partial charge in [-0.1, -0.05) is 35.0 Å². The molecule has 2 N–H and O–H groups in total. The highest BCUT2D eigenvalue weighted by Gasteiger charge is 2.35. The van der Waals surface area contributed by atoms with E-state index in [1.165, 1.54) is 6.42 Å². The molecule has 1 aliphatic heterocycles. The largest absolute Gasteiger partial charge is 0.341 e. The molecule has 0 aromatic heterocycles. The average molecular weight is 362 g/mol. The van der Waals surface area contributed by atoms with Crippen LogP contribution in [0.2, 0.25) is 0 Å². The molecule has 0 radical (unpaired) electrons. The van der Waals surface area contributed by atoms with Gasteiger partial charge in [-0.05, 0) is 43.4 Å². The first kappa shape index (κ1) is 17.5. The fraction of sp³-hybridized carbons (Fsp3) is 0.533. The zero-order chi connectivity index (χ0) is 14.0. The van der Waals surface area contributed by atoms with Crippen molar-refractivity contribution >= 4 is 34.2 Å². The standard InChI is InChI=1S/C15H21BrN2O.ClH/c1-11-4-3-9-18(10-11)14(19)15(2,17)12-5-7-13(16)8-6-12;/h5-8,11H,3-4,9-10,17H2,1-2H3;1H. The third-order valence-electron chi connectivity index (χ3n) is 3.83. The molecular formula is C15H22BrClN2O. The van der Waals surface area contributed by atoms with Crippen LogP contribution in [0.25, 0.3) is 0 Å². The molecule has 1 heterocycles. The van der Waals surface area contributed by atoms with Gasteiger partial charge < -0.3 is 10.6 Å². The first-order valence-electron chi connectivity index (χ1n) is 6.75. The van der Waals surface area contributed by atoms with E-state index in [2.05, 4.69) is 22.9 Å². The van der Waals surface area contributed by atoms with Crippen molar-refractivity contribution < 1.29 is 4.79 Å². The van der Waals surface area contributed by atoms with E-state index in [1.54, 1.807) is 6.92 Å². The van der Waals surface area contributed by atoms with E-state index in [4.69, 9.17) is 5.73 Å². The minimum atomic E-state index is -0.947. The van der Waals surface area contributed by atoms with Crippen molar-refractivity contribution in [3.63, 3.8) is 0 Å². The molecule has 112 valence electrons. The number of halogens is 2. The van der Waals surface area contributed by atoms with E-state index in [9.17, 15) is 4.79 Å². The first-order valence-corrected chi connectivity index (χ1v) is 7.55. The van der Waals surface area contributed by atoms with Crippen molar-refractivity contribution in [1.82, 2.24) is 4.90 Å².